The molecule has 0 aliphatic rings. The van der Waals surface area contributed by atoms with Gasteiger partial charge < -0.3 is 14.8 Å². The Kier molecular flexibility index (Phi) is 4.29. The van der Waals surface area contributed by atoms with Gasteiger partial charge in [-0.25, -0.2) is 0 Å². The normalized spacial score (nSPS) is 10.1. The number of nitrogens with one attached hydrogen (secondary N) is 1. The molecular weight excluding hydrogens is 238 g/mol. The van der Waals surface area contributed by atoms with E-state index in [0.29, 0.717) is 0 Å². The quantitative estimate of drug-likeness (QED) is 0.887. The zero-order chi connectivity index (χ0) is 13.7. The fourth-order valence-corrected chi connectivity index (χ4v) is 1.93. The van der Waals surface area contributed by atoms with Gasteiger partial charge in [-0.05, 0) is 42.3 Å². The largest absolute Gasteiger partial charge is 0.497 e. The van der Waals surface area contributed by atoms with E-state index in [4.69, 9.17) is 9.47 Å². The average Bonchev–Trinajstić information content (AvgIpc) is 2.44. The van der Waals surface area contributed by atoms with Crippen LogP contribution in [0.2, 0.25) is 0 Å². The number of benzene rings is 2. The predicted molar refractivity (Wildman–Crippen MR) is 78.1 cm³/mol. The lowest BCUT2D eigenvalue weighted by atomic mass is 10.2. The number of methoxy groups -OCH3 is 2. The van der Waals surface area contributed by atoms with Crippen LogP contribution in [-0.4, -0.2) is 14.2 Å². The number of aryl methyl sites for hydroxylation is 1. The van der Waals surface area contributed by atoms with Gasteiger partial charge in [0, 0.05) is 18.3 Å². The SMILES string of the molecule is COc1cc(CNc2cccc(C)c2)cc(OC)c1. The second kappa shape index (κ2) is 6.14. The molecule has 0 atom stereocenters. The summed E-state index contributed by atoms with van der Waals surface area (Å²) in [6, 6.07) is 14.2. The molecule has 0 fully saturated rings. The minimum absolute atomic E-state index is 0.733. The van der Waals surface area contributed by atoms with Gasteiger partial charge in [-0.3, -0.25) is 0 Å². The van der Waals surface area contributed by atoms with Crippen LogP contribution in [0.3, 0.4) is 0 Å². The van der Waals surface area contributed by atoms with Crippen LogP contribution in [0.1, 0.15) is 11.1 Å². The molecule has 2 aromatic carbocycles. The van der Waals surface area contributed by atoms with Crippen molar-refractivity contribution in [2.75, 3.05) is 19.5 Å². The Bertz CT molecular complexity index is 530. The molecule has 0 aliphatic carbocycles. The van der Waals surface area contributed by atoms with Crippen LogP contribution < -0.4 is 14.8 Å². The van der Waals surface area contributed by atoms with Crippen LogP contribution >= 0.6 is 0 Å². The minimum Gasteiger partial charge on any atom is -0.497 e. The topological polar surface area (TPSA) is 30.5 Å². The maximum atomic E-state index is 5.26. The fourth-order valence-electron chi connectivity index (χ4n) is 1.93. The predicted octanol–water partition coefficient (Wildman–Crippen LogP) is 3.62. The zero-order valence-corrected chi connectivity index (χ0v) is 11.6. The zero-order valence-electron chi connectivity index (χ0n) is 11.6. The molecule has 100 valence electrons. The molecule has 3 nitrogen and oxygen atoms in total. The minimum atomic E-state index is 0.733. The van der Waals surface area contributed by atoms with Crippen molar-refractivity contribution in [3.8, 4) is 11.5 Å². The van der Waals surface area contributed by atoms with Crippen LogP contribution in [0.25, 0.3) is 0 Å². The highest BCUT2D eigenvalue weighted by Crippen LogP contribution is 2.23. The molecule has 0 aliphatic heterocycles. The summed E-state index contributed by atoms with van der Waals surface area (Å²) in [4.78, 5) is 0. The molecule has 2 aromatic rings. The number of hydrogen-bond donors (Lipinski definition) is 1. The third-order valence-corrected chi connectivity index (χ3v) is 2.93. The van der Waals surface area contributed by atoms with E-state index in [0.717, 1.165) is 29.3 Å². The maximum Gasteiger partial charge on any atom is 0.122 e. The Morgan fingerprint density at radius 3 is 2.21 bits per heavy atom. The summed E-state index contributed by atoms with van der Waals surface area (Å²) in [6.45, 7) is 2.82. The highest BCUT2D eigenvalue weighted by atomic mass is 16.5. The van der Waals surface area contributed by atoms with Crippen molar-refractivity contribution in [1.82, 2.24) is 0 Å². The van der Waals surface area contributed by atoms with Gasteiger partial charge in [0.25, 0.3) is 0 Å². The highest BCUT2D eigenvalue weighted by molar-refractivity contribution is 5.47. The molecule has 0 heterocycles. The maximum absolute atomic E-state index is 5.26. The molecule has 0 saturated heterocycles. The molecule has 0 unspecified atom stereocenters. The monoisotopic (exact) mass is 257 g/mol. The number of hydrogen-bond acceptors (Lipinski definition) is 3. The molecule has 0 spiro atoms. The first-order chi connectivity index (χ1) is 9.21. The Balaban J connectivity index is 2.10. The first-order valence-corrected chi connectivity index (χ1v) is 6.24. The van der Waals surface area contributed by atoms with Crippen molar-refractivity contribution in [2.45, 2.75) is 13.5 Å². The van der Waals surface area contributed by atoms with Crippen molar-refractivity contribution in [1.29, 1.82) is 0 Å². The Labute approximate surface area is 114 Å². The molecule has 0 aromatic heterocycles. The van der Waals surface area contributed by atoms with Crippen molar-refractivity contribution >= 4 is 5.69 Å². The van der Waals surface area contributed by atoms with E-state index in [2.05, 4.69) is 30.4 Å². The summed E-state index contributed by atoms with van der Waals surface area (Å²) in [5.41, 5.74) is 3.48. The summed E-state index contributed by atoms with van der Waals surface area (Å²) in [5.74, 6) is 1.61. The third kappa shape index (κ3) is 3.65. The summed E-state index contributed by atoms with van der Waals surface area (Å²) >= 11 is 0. The number of ether oxygens (including phenoxy) is 2. The van der Waals surface area contributed by atoms with E-state index in [-0.39, 0.29) is 0 Å². The van der Waals surface area contributed by atoms with E-state index >= 15 is 0 Å². The van der Waals surface area contributed by atoms with Gasteiger partial charge in [0.2, 0.25) is 0 Å². The molecule has 2 rings (SSSR count). The van der Waals surface area contributed by atoms with E-state index in [9.17, 15) is 0 Å². The van der Waals surface area contributed by atoms with E-state index in [1.807, 2.05) is 24.3 Å². The lowest BCUT2D eigenvalue weighted by Gasteiger charge is -2.10. The van der Waals surface area contributed by atoms with Gasteiger partial charge in [-0.1, -0.05) is 12.1 Å². The van der Waals surface area contributed by atoms with E-state index < -0.39 is 0 Å². The van der Waals surface area contributed by atoms with Gasteiger partial charge in [0.05, 0.1) is 14.2 Å². The number of rotatable bonds is 5. The van der Waals surface area contributed by atoms with Crippen LogP contribution in [0, 0.1) is 6.92 Å². The molecule has 3 heteroatoms. The van der Waals surface area contributed by atoms with E-state index in [1.165, 1.54) is 5.56 Å². The van der Waals surface area contributed by atoms with Crippen molar-refractivity contribution in [2.24, 2.45) is 0 Å². The lowest BCUT2D eigenvalue weighted by Crippen LogP contribution is -2.00. The molecule has 19 heavy (non-hydrogen) atoms. The molecule has 0 radical (unpaired) electrons. The smallest absolute Gasteiger partial charge is 0.122 e. The van der Waals surface area contributed by atoms with Crippen LogP contribution in [0.4, 0.5) is 5.69 Å². The van der Waals surface area contributed by atoms with Gasteiger partial charge in [-0.15, -0.1) is 0 Å². The first kappa shape index (κ1) is 13.3. The van der Waals surface area contributed by atoms with Gasteiger partial charge in [0.1, 0.15) is 11.5 Å². The second-order valence-electron chi connectivity index (χ2n) is 4.44. The Morgan fingerprint density at radius 2 is 1.63 bits per heavy atom. The fraction of sp³-hybridized carbons (Fsp3) is 0.250. The molecule has 0 bridgehead atoms. The van der Waals surface area contributed by atoms with Gasteiger partial charge in [-0.2, -0.15) is 0 Å². The molecule has 0 saturated carbocycles. The third-order valence-electron chi connectivity index (χ3n) is 2.93. The summed E-state index contributed by atoms with van der Waals surface area (Å²) in [5, 5.41) is 3.39. The molecule has 0 amide bonds. The number of anilines is 1. The second-order valence-corrected chi connectivity index (χ2v) is 4.44. The molecular formula is C16H19NO2. The van der Waals surface area contributed by atoms with Crippen molar-refractivity contribution in [3.05, 3.63) is 53.6 Å². The first-order valence-electron chi connectivity index (χ1n) is 6.24. The summed E-state index contributed by atoms with van der Waals surface area (Å²) < 4.78 is 10.5. The van der Waals surface area contributed by atoms with Crippen LogP contribution in [-0.2, 0) is 6.54 Å². The standard InChI is InChI=1S/C16H19NO2/c1-12-5-4-6-14(7-12)17-11-13-8-15(18-2)10-16(9-13)19-3/h4-10,17H,11H2,1-3H3. The van der Waals surface area contributed by atoms with Crippen LogP contribution in [0.5, 0.6) is 11.5 Å². The van der Waals surface area contributed by atoms with Crippen molar-refractivity contribution < 1.29 is 9.47 Å². The average molecular weight is 257 g/mol. The van der Waals surface area contributed by atoms with E-state index in [1.54, 1.807) is 14.2 Å². The summed E-state index contributed by atoms with van der Waals surface area (Å²) in [6.07, 6.45) is 0. The highest BCUT2D eigenvalue weighted by Gasteiger charge is 2.02. The summed E-state index contributed by atoms with van der Waals surface area (Å²) in [7, 11) is 3.32. The van der Waals surface area contributed by atoms with Crippen molar-refractivity contribution in [3.63, 3.8) is 0 Å². The lowest BCUT2D eigenvalue weighted by molar-refractivity contribution is 0.393. The Morgan fingerprint density at radius 1 is 0.947 bits per heavy atom. The van der Waals surface area contributed by atoms with Gasteiger partial charge in [0.15, 0.2) is 0 Å². The molecule has 1 N–H and O–H groups in total. The Hall–Kier alpha value is -2.16. The van der Waals surface area contributed by atoms with Gasteiger partial charge >= 0.3 is 0 Å². The van der Waals surface area contributed by atoms with Crippen LogP contribution in [0.15, 0.2) is 42.5 Å².